The van der Waals surface area contributed by atoms with Crippen LogP contribution in [0.2, 0.25) is 0 Å². The molecule has 1 aliphatic heterocycles. The van der Waals surface area contributed by atoms with Gasteiger partial charge in [0.2, 0.25) is 0 Å². The first-order valence-electron chi connectivity index (χ1n) is 7.75. The van der Waals surface area contributed by atoms with Crippen LogP contribution in [0.3, 0.4) is 0 Å². The summed E-state index contributed by atoms with van der Waals surface area (Å²) in [5.74, 6) is -0.885. The van der Waals surface area contributed by atoms with Gasteiger partial charge in [-0.1, -0.05) is 6.07 Å². The summed E-state index contributed by atoms with van der Waals surface area (Å²) in [4.78, 5) is 6.80. The number of piperidine rings is 1. The highest BCUT2D eigenvalue weighted by molar-refractivity contribution is 7.09. The van der Waals surface area contributed by atoms with E-state index in [0.29, 0.717) is 5.92 Å². The van der Waals surface area contributed by atoms with E-state index < -0.39 is 11.6 Å². The first-order valence-corrected chi connectivity index (χ1v) is 8.63. The lowest BCUT2D eigenvalue weighted by atomic mass is 9.91. The lowest BCUT2D eigenvalue weighted by Crippen LogP contribution is -2.35. The Labute approximate surface area is 133 Å². The Kier molecular flexibility index (Phi) is 5.16. The van der Waals surface area contributed by atoms with E-state index in [4.69, 9.17) is 0 Å². The SMILES string of the molecule is Fc1ccc(CC[C@@H]2CCCN(Cc3nccs3)C2)cc1F. The van der Waals surface area contributed by atoms with E-state index in [1.54, 1.807) is 17.4 Å². The summed E-state index contributed by atoms with van der Waals surface area (Å²) in [6.07, 6.45) is 6.11. The molecule has 0 spiro atoms. The van der Waals surface area contributed by atoms with Crippen LogP contribution in [0.5, 0.6) is 0 Å². The molecule has 1 atom stereocenters. The highest BCUT2D eigenvalue weighted by Gasteiger charge is 2.20. The highest BCUT2D eigenvalue weighted by atomic mass is 32.1. The van der Waals surface area contributed by atoms with Crippen molar-refractivity contribution in [3.63, 3.8) is 0 Å². The van der Waals surface area contributed by atoms with Crippen molar-refractivity contribution in [1.29, 1.82) is 0 Å². The van der Waals surface area contributed by atoms with E-state index in [-0.39, 0.29) is 0 Å². The van der Waals surface area contributed by atoms with E-state index in [2.05, 4.69) is 9.88 Å². The molecular weight excluding hydrogens is 302 g/mol. The standard InChI is InChI=1S/C17H20F2N2S/c18-15-6-5-13(10-16(15)19)3-4-14-2-1-8-21(11-14)12-17-20-7-9-22-17/h5-7,9-10,14H,1-4,8,11-12H2/t14-/m0/s1. The highest BCUT2D eigenvalue weighted by Crippen LogP contribution is 2.23. The second-order valence-corrected chi connectivity index (χ2v) is 6.94. The smallest absolute Gasteiger partial charge is 0.159 e. The number of aryl methyl sites for hydroxylation is 1. The Balaban J connectivity index is 1.50. The minimum absolute atomic E-state index is 0.627. The summed E-state index contributed by atoms with van der Waals surface area (Å²) in [6, 6.07) is 4.24. The van der Waals surface area contributed by atoms with Gasteiger partial charge >= 0.3 is 0 Å². The first kappa shape index (κ1) is 15.6. The predicted octanol–water partition coefficient (Wildman–Crippen LogP) is 4.27. The third-order valence-corrected chi connectivity index (χ3v) is 5.04. The lowest BCUT2D eigenvalue weighted by Gasteiger charge is -2.32. The molecule has 0 unspecified atom stereocenters. The molecule has 1 saturated heterocycles. The van der Waals surface area contributed by atoms with Gasteiger partial charge in [-0.05, 0) is 55.8 Å². The molecule has 2 nitrogen and oxygen atoms in total. The zero-order valence-electron chi connectivity index (χ0n) is 12.5. The van der Waals surface area contributed by atoms with Crippen molar-refractivity contribution in [3.05, 3.63) is 52.0 Å². The molecule has 0 saturated carbocycles. The number of hydrogen-bond acceptors (Lipinski definition) is 3. The molecule has 0 N–H and O–H groups in total. The fourth-order valence-electron chi connectivity index (χ4n) is 3.12. The molecule has 0 radical (unpaired) electrons. The number of rotatable bonds is 5. The molecule has 118 valence electrons. The Morgan fingerprint density at radius 3 is 2.95 bits per heavy atom. The summed E-state index contributed by atoms with van der Waals surface area (Å²) in [6.45, 7) is 3.13. The summed E-state index contributed by atoms with van der Waals surface area (Å²) in [5, 5.41) is 3.18. The molecule has 1 aromatic heterocycles. The molecule has 2 aromatic rings. The Bertz CT molecular complexity index is 601. The van der Waals surface area contributed by atoms with Gasteiger partial charge in [0.1, 0.15) is 5.01 Å². The Hall–Kier alpha value is -1.33. The van der Waals surface area contributed by atoms with Crippen LogP contribution < -0.4 is 0 Å². The lowest BCUT2D eigenvalue weighted by molar-refractivity contribution is 0.161. The maximum Gasteiger partial charge on any atom is 0.159 e. The normalized spacial score (nSPS) is 19.5. The molecule has 2 heterocycles. The maximum absolute atomic E-state index is 13.2. The zero-order valence-corrected chi connectivity index (χ0v) is 13.3. The van der Waals surface area contributed by atoms with Gasteiger partial charge in [0, 0.05) is 18.1 Å². The van der Waals surface area contributed by atoms with Gasteiger partial charge in [-0.25, -0.2) is 13.8 Å². The summed E-state index contributed by atoms with van der Waals surface area (Å²) >= 11 is 1.70. The summed E-state index contributed by atoms with van der Waals surface area (Å²) < 4.78 is 26.2. The largest absolute Gasteiger partial charge is 0.296 e. The number of thiazole rings is 1. The molecule has 1 aromatic carbocycles. The zero-order chi connectivity index (χ0) is 15.4. The number of likely N-dealkylation sites (tertiary alicyclic amines) is 1. The number of hydrogen-bond donors (Lipinski definition) is 0. The van der Waals surface area contributed by atoms with Gasteiger partial charge in [-0.15, -0.1) is 11.3 Å². The van der Waals surface area contributed by atoms with Crippen molar-refractivity contribution in [2.75, 3.05) is 13.1 Å². The molecule has 22 heavy (non-hydrogen) atoms. The molecule has 5 heteroatoms. The maximum atomic E-state index is 13.2. The quantitative estimate of drug-likeness (QED) is 0.817. The van der Waals surface area contributed by atoms with Gasteiger partial charge in [0.05, 0.1) is 6.54 Å². The minimum Gasteiger partial charge on any atom is -0.296 e. The van der Waals surface area contributed by atoms with Crippen LogP contribution in [0.15, 0.2) is 29.8 Å². The number of benzene rings is 1. The van der Waals surface area contributed by atoms with E-state index in [1.165, 1.54) is 30.0 Å². The Morgan fingerprint density at radius 1 is 1.27 bits per heavy atom. The number of aromatic nitrogens is 1. The first-order chi connectivity index (χ1) is 10.7. The fourth-order valence-corrected chi connectivity index (χ4v) is 3.78. The van der Waals surface area contributed by atoms with Crippen molar-refractivity contribution in [2.45, 2.75) is 32.2 Å². The van der Waals surface area contributed by atoms with Crippen molar-refractivity contribution in [1.82, 2.24) is 9.88 Å². The van der Waals surface area contributed by atoms with Crippen LogP contribution in [0.4, 0.5) is 8.78 Å². The van der Waals surface area contributed by atoms with Crippen LogP contribution in [0.25, 0.3) is 0 Å². The van der Waals surface area contributed by atoms with Crippen LogP contribution in [-0.2, 0) is 13.0 Å². The van der Waals surface area contributed by atoms with Gasteiger partial charge in [-0.3, -0.25) is 4.90 Å². The molecular formula is C17H20F2N2S. The molecule has 0 aliphatic carbocycles. The second kappa shape index (κ2) is 7.29. The van der Waals surface area contributed by atoms with E-state index in [0.717, 1.165) is 38.0 Å². The topological polar surface area (TPSA) is 16.1 Å². The molecule has 1 fully saturated rings. The van der Waals surface area contributed by atoms with E-state index in [1.807, 2.05) is 11.6 Å². The van der Waals surface area contributed by atoms with Crippen LogP contribution in [-0.4, -0.2) is 23.0 Å². The third-order valence-electron chi connectivity index (χ3n) is 4.27. The van der Waals surface area contributed by atoms with Crippen molar-refractivity contribution in [3.8, 4) is 0 Å². The van der Waals surface area contributed by atoms with Crippen LogP contribution in [0.1, 0.15) is 29.8 Å². The summed E-state index contributed by atoms with van der Waals surface area (Å²) in [5.41, 5.74) is 0.885. The molecule has 0 amide bonds. The Morgan fingerprint density at radius 2 is 2.18 bits per heavy atom. The van der Waals surface area contributed by atoms with Crippen molar-refractivity contribution in [2.24, 2.45) is 5.92 Å². The van der Waals surface area contributed by atoms with Gasteiger partial charge in [0.15, 0.2) is 11.6 Å². The van der Waals surface area contributed by atoms with Crippen molar-refractivity contribution < 1.29 is 8.78 Å². The number of nitrogens with zero attached hydrogens (tertiary/aromatic N) is 2. The average molecular weight is 322 g/mol. The average Bonchev–Trinajstić information content (AvgIpc) is 3.02. The van der Waals surface area contributed by atoms with E-state index >= 15 is 0 Å². The monoisotopic (exact) mass is 322 g/mol. The number of halogens is 2. The predicted molar refractivity (Wildman–Crippen MR) is 84.8 cm³/mol. The molecule has 1 aliphatic rings. The van der Waals surface area contributed by atoms with Crippen LogP contribution >= 0.6 is 11.3 Å². The fraction of sp³-hybridized carbons (Fsp3) is 0.471. The second-order valence-electron chi connectivity index (χ2n) is 5.96. The van der Waals surface area contributed by atoms with Crippen molar-refractivity contribution >= 4 is 11.3 Å². The van der Waals surface area contributed by atoms with Gasteiger partial charge < -0.3 is 0 Å². The molecule has 0 bridgehead atoms. The van der Waals surface area contributed by atoms with Gasteiger partial charge in [0.25, 0.3) is 0 Å². The van der Waals surface area contributed by atoms with Crippen LogP contribution in [0, 0.1) is 17.6 Å². The third kappa shape index (κ3) is 4.11. The minimum atomic E-state index is -0.768. The van der Waals surface area contributed by atoms with E-state index in [9.17, 15) is 8.78 Å². The molecule has 3 rings (SSSR count). The van der Waals surface area contributed by atoms with Gasteiger partial charge in [-0.2, -0.15) is 0 Å². The summed E-state index contributed by atoms with van der Waals surface area (Å²) in [7, 11) is 0.